The molecule has 0 aliphatic carbocycles. The van der Waals surface area contributed by atoms with E-state index in [4.69, 9.17) is 4.74 Å². The van der Waals surface area contributed by atoms with Gasteiger partial charge in [-0.15, -0.1) is 0 Å². The topological polar surface area (TPSA) is 87.7 Å². The van der Waals surface area contributed by atoms with Crippen LogP contribution in [0.15, 0.2) is 48.5 Å². The number of amides is 3. The summed E-state index contributed by atoms with van der Waals surface area (Å²) in [4.78, 5) is 39.1. The van der Waals surface area contributed by atoms with Crippen LogP contribution in [0.4, 0.5) is 32.4 Å². The number of carbonyl (C=O) groups excluding carboxylic acids is 3. The van der Waals surface area contributed by atoms with Crippen molar-refractivity contribution in [3.05, 3.63) is 54.1 Å². The van der Waals surface area contributed by atoms with Gasteiger partial charge in [-0.1, -0.05) is 42.5 Å². The second kappa shape index (κ2) is 9.88. The fourth-order valence-corrected chi connectivity index (χ4v) is 3.55. The van der Waals surface area contributed by atoms with E-state index in [0.717, 1.165) is 5.56 Å². The van der Waals surface area contributed by atoms with E-state index in [-0.39, 0.29) is 0 Å². The molecule has 0 unspecified atom stereocenters. The van der Waals surface area contributed by atoms with Crippen molar-refractivity contribution in [1.82, 2.24) is 10.6 Å². The maximum Gasteiger partial charge on any atom is 0.453 e. The van der Waals surface area contributed by atoms with Crippen LogP contribution in [0, 0.1) is 0 Å². The molecule has 2 aromatic carbocycles. The van der Waals surface area contributed by atoms with Crippen LogP contribution in [-0.4, -0.2) is 49.7 Å². The third-order valence-corrected chi connectivity index (χ3v) is 5.47. The number of benzene rings is 2. The van der Waals surface area contributed by atoms with Crippen molar-refractivity contribution in [3.63, 3.8) is 0 Å². The number of ether oxygens (including phenoxy) is 1. The first-order chi connectivity index (χ1) is 16.3. The highest BCUT2D eigenvalue weighted by molar-refractivity contribution is 6.06. The summed E-state index contributed by atoms with van der Waals surface area (Å²) < 4.78 is 67.3. The van der Waals surface area contributed by atoms with Gasteiger partial charge >= 0.3 is 18.2 Å². The Morgan fingerprint density at radius 3 is 2.29 bits per heavy atom. The zero-order chi connectivity index (χ0) is 26.0. The lowest BCUT2D eigenvalue weighted by Crippen LogP contribution is -2.45. The second-order valence-corrected chi connectivity index (χ2v) is 7.87. The first kappa shape index (κ1) is 25.9. The van der Waals surface area contributed by atoms with Crippen molar-refractivity contribution in [1.29, 1.82) is 0 Å². The molecule has 0 spiro atoms. The van der Waals surface area contributed by atoms with E-state index in [9.17, 15) is 36.3 Å². The van der Waals surface area contributed by atoms with E-state index in [1.54, 1.807) is 48.8 Å². The van der Waals surface area contributed by atoms with Crippen LogP contribution in [0.3, 0.4) is 0 Å². The maximum atomic E-state index is 13.2. The lowest BCUT2D eigenvalue weighted by atomic mass is 9.95. The first-order valence-electron chi connectivity index (χ1n) is 10.5. The number of halogens is 5. The SMILES string of the molecule is C[C@H](OC(=O)NCCC(F)(F)C(F)(F)F)C(=O)N[C@@H]1C(=O)N(C)c2ccccc2-c2ccccc21. The van der Waals surface area contributed by atoms with Crippen LogP contribution in [0.2, 0.25) is 0 Å². The van der Waals surface area contributed by atoms with E-state index < -0.39 is 55.1 Å². The molecule has 2 N–H and O–H groups in total. The fraction of sp³-hybridized carbons (Fsp3) is 0.348. The van der Waals surface area contributed by atoms with E-state index in [1.165, 1.54) is 11.8 Å². The number of anilines is 1. The molecule has 0 saturated heterocycles. The van der Waals surface area contributed by atoms with Gasteiger partial charge in [-0.05, 0) is 24.1 Å². The van der Waals surface area contributed by atoms with Crippen LogP contribution in [0.5, 0.6) is 0 Å². The molecule has 1 aliphatic heterocycles. The molecule has 0 saturated carbocycles. The Hall–Kier alpha value is -3.70. The van der Waals surface area contributed by atoms with Gasteiger partial charge in [-0.25, -0.2) is 4.79 Å². The number of rotatable bonds is 6. The van der Waals surface area contributed by atoms with Crippen molar-refractivity contribution < 1.29 is 41.1 Å². The van der Waals surface area contributed by atoms with E-state index in [2.05, 4.69) is 5.32 Å². The van der Waals surface area contributed by atoms with Crippen LogP contribution in [-0.2, 0) is 14.3 Å². The smallest absolute Gasteiger partial charge is 0.436 e. The predicted molar refractivity (Wildman–Crippen MR) is 116 cm³/mol. The molecule has 0 fully saturated rings. The summed E-state index contributed by atoms with van der Waals surface area (Å²) >= 11 is 0. The highest BCUT2D eigenvalue weighted by atomic mass is 19.4. The van der Waals surface area contributed by atoms with Gasteiger partial charge in [0.2, 0.25) is 0 Å². The minimum atomic E-state index is -5.75. The monoisotopic (exact) mass is 499 g/mol. The summed E-state index contributed by atoms with van der Waals surface area (Å²) in [5, 5.41) is 4.29. The van der Waals surface area contributed by atoms with Gasteiger partial charge in [-0.3, -0.25) is 9.59 Å². The molecular formula is C23H22F5N3O4. The van der Waals surface area contributed by atoms with Gasteiger partial charge in [0.1, 0.15) is 6.04 Å². The number of para-hydroxylation sites is 1. The molecule has 188 valence electrons. The third-order valence-electron chi connectivity index (χ3n) is 5.47. The molecule has 2 atom stereocenters. The molecule has 3 amide bonds. The number of fused-ring (bicyclic) bond motifs is 3. The van der Waals surface area contributed by atoms with Crippen molar-refractivity contribution in [3.8, 4) is 11.1 Å². The van der Waals surface area contributed by atoms with E-state index in [1.807, 2.05) is 12.1 Å². The number of hydrogen-bond acceptors (Lipinski definition) is 4. The van der Waals surface area contributed by atoms with Gasteiger partial charge in [0.25, 0.3) is 11.8 Å². The van der Waals surface area contributed by atoms with Crippen LogP contribution in [0.1, 0.15) is 24.9 Å². The lowest BCUT2D eigenvalue weighted by Gasteiger charge is -2.24. The Balaban J connectivity index is 1.68. The number of alkyl carbamates (subject to hydrolysis) is 1. The number of hydrogen-bond donors (Lipinski definition) is 2. The Morgan fingerprint density at radius 2 is 1.63 bits per heavy atom. The summed E-state index contributed by atoms with van der Waals surface area (Å²) in [6, 6.07) is 13.0. The molecule has 0 aromatic heterocycles. The zero-order valence-electron chi connectivity index (χ0n) is 18.7. The fourth-order valence-electron chi connectivity index (χ4n) is 3.55. The summed E-state index contributed by atoms with van der Waals surface area (Å²) in [6.45, 7) is 0.141. The van der Waals surface area contributed by atoms with Crippen molar-refractivity contribution in [2.45, 2.75) is 37.6 Å². The molecule has 2 aromatic rings. The first-order valence-corrected chi connectivity index (χ1v) is 10.5. The molecule has 3 rings (SSSR count). The Morgan fingerprint density at radius 1 is 1.03 bits per heavy atom. The molecular weight excluding hydrogens is 477 g/mol. The summed E-state index contributed by atoms with van der Waals surface area (Å²) in [6.07, 6.45) is -10.3. The van der Waals surface area contributed by atoms with Gasteiger partial charge in [0.15, 0.2) is 6.10 Å². The minimum absolute atomic E-state index is 0.457. The van der Waals surface area contributed by atoms with Crippen LogP contribution >= 0.6 is 0 Å². The second-order valence-electron chi connectivity index (χ2n) is 7.87. The molecule has 0 bridgehead atoms. The number of nitrogens with one attached hydrogen (secondary N) is 2. The van der Waals surface area contributed by atoms with Crippen molar-refractivity contribution in [2.24, 2.45) is 0 Å². The van der Waals surface area contributed by atoms with Gasteiger partial charge in [0, 0.05) is 25.6 Å². The summed E-state index contributed by atoms with van der Waals surface area (Å²) in [5.41, 5.74) is 2.62. The number of alkyl halides is 5. The molecule has 12 heteroatoms. The van der Waals surface area contributed by atoms with Crippen molar-refractivity contribution >= 4 is 23.6 Å². The quantitative estimate of drug-likeness (QED) is 0.584. The minimum Gasteiger partial charge on any atom is -0.436 e. The Kier molecular flexibility index (Phi) is 7.32. The van der Waals surface area contributed by atoms with Crippen LogP contribution < -0.4 is 15.5 Å². The van der Waals surface area contributed by atoms with Crippen LogP contribution in [0.25, 0.3) is 11.1 Å². The maximum absolute atomic E-state index is 13.2. The number of carbonyl (C=O) groups is 3. The Bertz CT molecular complexity index is 1120. The van der Waals surface area contributed by atoms with Gasteiger partial charge in [0.05, 0.1) is 5.69 Å². The molecule has 7 nitrogen and oxygen atoms in total. The molecule has 35 heavy (non-hydrogen) atoms. The average molecular weight is 499 g/mol. The summed E-state index contributed by atoms with van der Waals surface area (Å²) in [5.74, 6) is -6.31. The number of nitrogens with zero attached hydrogens (tertiary/aromatic N) is 1. The number of likely N-dealkylation sites (N-methyl/N-ethyl adjacent to an activating group) is 1. The third kappa shape index (κ3) is 5.52. The highest BCUT2D eigenvalue weighted by Crippen LogP contribution is 2.39. The Labute approximate surface area is 197 Å². The molecule has 1 heterocycles. The van der Waals surface area contributed by atoms with E-state index in [0.29, 0.717) is 16.8 Å². The van der Waals surface area contributed by atoms with E-state index >= 15 is 0 Å². The standard InChI is InChI=1S/C23H22F5N3O4/c1-13(35-21(34)29-12-11-22(24,25)23(26,27)28)19(32)30-18-16-9-4-3-7-14(16)15-8-5-6-10-17(15)31(2)20(18)33/h3-10,13,18H,11-12H2,1-2H3,(H,29,34)(H,30,32)/t13-,18-/m0/s1. The van der Waals surface area contributed by atoms with Crippen molar-refractivity contribution in [2.75, 3.05) is 18.5 Å². The predicted octanol–water partition coefficient (Wildman–Crippen LogP) is 4.19. The largest absolute Gasteiger partial charge is 0.453 e. The van der Waals surface area contributed by atoms with Gasteiger partial charge < -0.3 is 20.3 Å². The molecule has 0 radical (unpaired) electrons. The normalized spacial score (nSPS) is 16.5. The highest BCUT2D eigenvalue weighted by Gasteiger charge is 2.56. The lowest BCUT2D eigenvalue weighted by molar-refractivity contribution is -0.283. The zero-order valence-corrected chi connectivity index (χ0v) is 18.7. The summed E-state index contributed by atoms with van der Waals surface area (Å²) in [7, 11) is 1.55. The van der Waals surface area contributed by atoms with Gasteiger partial charge in [-0.2, -0.15) is 22.0 Å². The molecule has 1 aliphatic rings. The average Bonchev–Trinajstić information content (AvgIpc) is 2.88.